The van der Waals surface area contributed by atoms with Crippen LogP contribution in [0.4, 0.5) is 0 Å². The van der Waals surface area contributed by atoms with Crippen molar-refractivity contribution in [1.29, 1.82) is 0 Å². The van der Waals surface area contributed by atoms with E-state index >= 15 is 0 Å². The van der Waals surface area contributed by atoms with Gasteiger partial charge in [-0.25, -0.2) is 0 Å². The van der Waals surface area contributed by atoms with Crippen molar-refractivity contribution in [2.75, 3.05) is 6.61 Å². The van der Waals surface area contributed by atoms with Crippen molar-refractivity contribution in [3.63, 3.8) is 0 Å². The second-order valence-electron chi connectivity index (χ2n) is 2.19. The zero-order chi connectivity index (χ0) is 5.91. The average Bonchev–Trinajstić information content (AvgIpc) is 1.30. The third-order valence-electron chi connectivity index (χ3n) is 0.535. The summed E-state index contributed by atoms with van der Waals surface area (Å²) < 4.78 is 5.26. The molecule has 0 aromatic carbocycles. The monoisotopic (exact) mass is 124 g/mol. The Kier molecular flexibility index (Phi) is 6.69. The van der Waals surface area contributed by atoms with Gasteiger partial charge >= 0.3 is 18.9 Å². The molecule has 0 saturated heterocycles. The predicted octanol–water partition coefficient (Wildman–Crippen LogP) is -1.39. The van der Waals surface area contributed by atoms with Crippen molar-refractivity contribution < 1.29 is 23.3 Å². The van der Waals surface area contributed by atoms with E-state index in [1.807, 2.05) is 6.92 Å². The second-order valence-corrected chi connectivity index (χ2v) is 6.00. The van der Waals surface area contributed by atoms with Crippen LogP contribution >= 0.6 is 0 Å². The summed E-state index contributed by atoms with van der Waals surface area (Å²) in [7, 11) is -1.41. The minimum absolute atomic E-state index is 0. The van der Waals surface area contributed by atoms with E-state index in [9.17, 15) is 0 Å². The van der Waals surface area contributed by atoms with Crippen LogP contribution in [0, 0.1) is 6.55 Å². The minimum atomic E-state index is -1.41. The summed E-state index contributed by atoms with van der Waals surface area (Å²) in [6.45, 7) is 10.8. The van der Waals surface area contributed by atoms with E-state index in [4.69, 9.17) is 4.43 Å². The van der Waals surface area contributed by atoms with Crippen molar-refractivity contribution in [1.82, 2.24) is 0 Å². The van der Waals surface area contributed by atoms with Gasteiger partial charge in [-0.1, -0.05) is 13.1 Å². The Bertz CT molecular complexity index is 50.9. The molecule has 0 spiro atoms. The van der Waals surface area contributed by atoms with E-state index in [-0.39, 0.29) is 18.9 Å². The third kappa shape index (κ3) is 9.91. The molecule has 44 valence electrons. The summed E-state index contributed by atoms with van der Waals surface area (Å²) in [4.78, 5) is 0. The van der Waals surface area contributed by atoms with Gasteiger partial charge in [-0.15, -0.1) is 0 Å². The van der Waals surface area contributed by atoms with E-state index in [1.165, 1.54) is 0 Å². The molecule has 0 saturated carbocycles. The molecule has 0 rings (SSSR count). The normalized spacial score (nSPS) is 10.5. The summed E-state index contributed by atoms with van der Waals surface area (Å²) in [5.41, 5.74) is 0. The van der Waals surface area contributed by atoms with Crippen LogP contribution in [0.15, 0.2) is 0 Å². The quantitative estimate of drug-likeness (QED) is 0.325. The van der Waals surface area contributed by atoms with Crippen molar-refractivity contribution in [2.24, 2.45) is 0 Å². The standard InChI is InChI=1S/C5H13OSi.Li/c1-5-6-7(2,3)4;/h2,5H2,1,3-4H3;/q-1;+1. The van der Waals surface area contributed by atoms with E-state index in [1.54, 1.807) is 0 Å². The molecule has 0 aliphatic heterocycles. The molecule has 0 amide bonds. The maximum atomic E-state index is 5.26. The van der Waals surface area contributed by atoms with E-state index in [2.05, 4.69) is 19.6 Å². The maximum absolute atomic E-state index is 5.26. The molecule has 0 atom stereocenters. The van der Waals surface area contributed by atoms with E-state index < -0.39 is 8.32 Å². The van der Waals surface area contributed by atoms with Crippen LogP contribution in [0.25, 0.3) is 0 Å². The molecule has 0 aliphatic carbocycles. The largest absolute Gasteiger partial charge is 1.00 e. The Morgan fingerprint density at radius 2 is 1.88 bits per heavy atom. The molecular formula is C5H13LiOSi. The number of hydrogen-bond donors (Lipinski definition) is 0. The number of hydrogen-bond acceptors (Lipinski definition) is 1. The Balaban J connectivity index is 0. The van der Waals surface area contributed by atoms with Crippen molar-refractivity contribution in [2.45, 2.75) is 20.0 Å². The topological polar surface area (TPSA) is 9.23 Å². The minimum Gasteiger partial charge on any atom is -0.449 e. The molecule has 3 heteroatoms. The molecule has 1 nitrogen and oxygen atoms in total. The predicted molar refractivity (Wildman–Crippen MR) is 34.5 cm³/mol. The maximum Gasteiger partial charge on any atom is 1.00 e. The zero-order valence-corrected chi connectivity index (χ0v) is 7.32. The van der Waals surface area contributed by atoms with E-state index in [0.29, 0.717) is 0 Å². The first kappa shape index (κ1) is 11.6. The van der Waals surface area contributed by atoms with Gasteiger partial charge in [0.15, 0.2) is 0 Å². The Hall–Kier alpha value is 0.774. The van der Waals surface area contributed by atoms with Gasteiger partial charge in [0.1, 0.15) is 0 Å². The first-order chi connectivity index (χ1) is 3.06. The molecule has 0 aromatic rings. The van der Waals surface area contributed by atoms with Crippen molar-refractivity contribution in [3.8, 4) is 0 Å². The first-order valence-electron chi connectivity index (χ1n) is 2.55. The van der Waals surface area contributed by atoms with Crippen LogP contribution in [0.3, 0.4) is 0 Å². The summed E-state index contributed by atoms with van der Waals surface area (Å²) in [5.74, 6) is 0. The van der Waals surface area contributed by atoms with Gasteiger partial charge in [0.2, 0.25) is 0 Å². The van der Waals surface area contributed by atoms with Crippen LogP contribution in [0.2, 0.25) is 13.1 Å². The summed E-state index contributed by atoms with van der Waals surface area (Å²) >= 11 is 0. The second kappa shape index (κ2) is 4.63. The van der Waals surface area contributed by atoms with Crippen LogP contribution in [0.1, 0.15) is 6.92 Å². The summed E-state index contributed by atoms with van der Waals surface area (Å²) in [6, 6.07) is 0. The Morgan fingerprint density at radius 3 is 1.88 bits per heavy atom. The van der Waals surface area contributed by atoms with Gasteiger partial charge in [0, 0.05) is 14.9 Å². The molecule has 0 aromatic heterocycles. The number of rotatable bonds is 2. The Morgan fingerprint density at radius 1 is 1.50 bits per heavy atom. The van der Waals surface area contributed by atoms with Gasteiger partial charge in [-0.2, -0.15) is 0 Å². The molecule has 0 fully saturated rings. The fraction of sp³-hybridized carbons (Fsp3) is 0.800. The van der Waals surface area contributed by atoms with Gasteiger partial charge in [0.05, 0.1) is 0 Å². The van der Waals surface area contributed by atoms with Gasteiger partial charge in [0.25, 0.3) is 0 Å². The fourth-order valence-corrected chi connectivity index (χ4v) is 1.17. The molecule has 0 unspecified atom stereocenters. The molecule has 0 radical (unpaired) electrons. The van der Waals surface area contributed by atoms with Gasteiger partial charge in [-0.3, -0.25) is 0 Å². The zero-order valence-electron chi connectivity index (χ0n) is 6.32. The fourth-order valence-electron chi connectivity index (χ4n) is 0.391. The van der Waals surface area contributed by atoms with E-state index in [0.717, 1.165) is 6.61 Å². The Labute approximate surface area is 65.1 Å². The molecule has 0 heterocycles. The van der Waals surface area contributed by atoms with Gasteiger partial charge in [-0.05, 0) is 6.92 Å². The summed E-state index contributed by atoms with van der Waals surface area (Å²) in [6.07, 6.45) is 0. The first-order valence-corrected chi connectivity index (χ1v) is 5.67. The molecule has 0 aliphatic rings. The van der Waals surface area contributed by atoms with Crippen LogP contribution in [-0.4, -0.2) is 14.9 Å². The van der Waals surface area contributed by atoms with Crippen LogP contribution in [-0.2, 0) is 4.43 Å². The summed E-state index contributed by atoms with van der Waals surface area (Å²) in [5, 5.41) is 0. The molecular weight excluding hydrogens is 111 g/mol. The van der Waals surface area contributed by atoms with Crippen molar-refractivity contribution >= 4 is 8.32 Å². The van der Waals surface area contributed by atoms with Gasteiger partial charge < -0.3 is 11.0 Å². The molecule has 0 bridgehead atoms. The SMILES string of the molecule is [CH2-][Si](C)(C)OCC.[Li+]. The smallest absolute Gasteiger partial charge is 0.449 e. The molecule has 0 N–H and O–H groups in total. The van der Waals surface area contributed by atoms with Crippen LogP contribution in [0.5, 0.6) is 0 Å². The van der Waals surface area contributed by atoms with Crippen LogP contribution < -0.4 is 18.9 Å². The third-order valence-corrected chi connectivity index (χ3v) is 1.61. The van der Waals surface area contributed by atoms with Crippen molar-refractivity contribution in [3.05, 3.63) is 6.55 Å². The molecule has 8 heavy (non-hydrogen) atoms. The average molecular weight is 124 g/mol.